The Labute approximate surface area is 64.2 Å². The number of hydrogen-bond acceptors (Lipinski definition) is 1. The second-order valence-electron chi connectivity index (χ2n) is 3.27. The third-order valence-corrected chi connectivity index (χ3v) is 3.58. The van der Waals surface area contributed by atoms with Crippen molar-refractivity contribution in [2.24, 2.45) is 0 Å². The Bertz CT molecular complexity index is 131. The first-order valence-electron chi connectivity index (χ1n) is 3.66. The van der Waals surface area contributed by atoms with Gasteiger partial charge < -0.3 is 4.43 Å². The van der Waals surface area contributed by atoms with Crippen LogP contribution in [-0.2, 0) is 4.43 Å². The zero-order chi connectivity index (χ0) is 7.61. The first-order valence-corrected chi connectivity index (χ1v) is 6.78. The molecule has 0 spiro atoms. The standard InChI is InChI=1S/C8H14OSi/c1-4-5-8-6-7-10(2,3)9-8/h4,8H,1,5,7H2,2-3H3. The summed E-state index contributed by atoms with van der Waals surface area (Å²) in [7, 11) is -1.30. The number of rotatable bonds is 2. The van der Waals surface area contributed by atoms with E-state index in [9.17, 15) is 0 Å². The molecule has 0 aliphatic carbocycles. The van der Waals surface area contributed by atoms with Crippen LogP contribution in [0.15, 0.2) is 12.7 Å². The Morgan fingerprint density at radius 1 is 1.80 bits per heavy atom. The van der Waals surface area contributed by atoms with E-state index < -0.39 is 8.32 Å². The molecule has 0 N–H and O–H groups in total. The molecule has 1 nitrogen and oxygen atoms in total. The summed E-state index contributed by atoms with van der Waals surface area (Å²) in [5, 5.41) is 0. The lowest BCUT2D eigenvalue weighted by Gasteiger charge is -2.15. The molecule has 0 saturated carbocycles. The molecule has 1 aliphatic rings. The number of hydrogen-bond donors (Lipinski definition) is 0. The second kappa shape index (κ2) is 2.89. The third kappa shape index (κ3) is 1.96. The second-order valence-corrected chi connectivity index (χ2v) is 7.38. The van der Waals surface area contributed by atoms with Gasteiger partial charge in [-0.15, -0.1) is 6.58 Å². The molecule has 0 bridgehead atoms. The van der Waals surface area contributed by atoms with Crippen LogP contribution in [0.1, 0.15) is 6.42 Å². The molecule has 2 heteroatoms. The fourth-order valence-electron chi connectivity index (χ4n) is 1.11. The molecule has 1 aliphatic heterocycles. The SMILES string of the molecule is C=CCC1[C]C[Si](C)(C)O1. The van der Waals surface area contributed by atoms with Crippen LogP contribution >= 0.6 is 0 Å². The monoisotopic (exact) mass is 154 g/mol. The van der Waals surface area contributed by atoms with Crippen molar-refractivity contribution in [2.75, 3.05) is 0 Å². The van der Waals surface area contributed by atoms with Crippen LogP contribution in [-0.4, -0.2) is 14.4 Å². The van der Waals surface area contributed by atoms with Crippen molar-refractivity contribution in [1.82, 2.24) is 0 Å². The van der Waals surface area contributed by atoms with Gasteiger partial charge in [-0.05, 0) is 25.6 Å². The van der Waals surface area contributed by atoms with E-state index in [-0.39, 0.29) is 6.10 Å². The van der Waals surface area contributed by atoms with E-state index in [2.05, 4.69) is 26.1 Å². The summed E-state index contributed by atoms with van der Waals surface area (Å²) in [5.41, 5.74) is 0. The Morgan fingerprint density at radius 2 is 2.50 bits per heavy atom. The van der Waals surface area contributed by atoms with Gasteiger partial charge in [-0.3, -0.25) is 0 Å². The van der Waals surface area contributed by atoms with Gasteiger partial charge >= 0.3 is 0 Å². The van der Waals surface area contributed by atoms with Crippen molar-refractivity contribution >= 4 is 8.32 Å². The van der Waals surface area contributed by atoms with E-state index in [1.54, 1.807) is 0 Å². The first-order chi connectivity index (χ1) is 4.64. The summed E-state index contributed by atoms with van der Waals surface area (Å²) in [4.78, 5) is 0. The highest BCUT2D eigenvalue weighted by atomic mass is 28.4. The van der Waals surface area contributed by atoms with E-state index in [4.69, 9.17) is 4.43 Å². The molecule has 56 valence electrons. The van der Waals surface area contributed by atoms with Gasteiger partial charge in [-0.2, -0.15) is 0 Å². The van der Waals surface area contributed by atoms with E-state index in [1.807, 2.05) is 6.08 Å². The molecule has 1 unspecified atom stereocenters. The fraction of sp³-hybridized carbons (Fsp3) is 0.625. The summed E-state index contributed by atoms with van der Waals surface area (Å²) < 4.78 is 5.75. The topological polar surface area (TPSA) is 9.23 Å². The lowest BCUT2D eigenvalue weighted by atomic mass is 10.2. The van der Waals surface area contributed by atoms with Crippen LogP contribution in [0, 0.1) is 6.42 Å². The maximum absolute atomic E-state index is 5.75. The quantitative estimate of drug-likeness (QED) is 0.438. The average molecular weight is 154 g/mol. The molecule has 0 aromatic rings. The lowest BCUT2D eigenvalue weighted by Crippen LogP contribution is -2.25. The minimum absolute atomic E-state index is 0.249. The smallest absolute Gasteiger partial charge is 0.187 e. The predicted octanol–water partition coefficient (Wildman–Crippen LogP) is 2.25. The summed E-state index contributed by atoms with van der Waals surface area (Å²) in [5.74, 6) is 0. The Hall–Kier alpha value is -0.0831. The van der Waals surface area contributed by atoms with Crippen LogP contribution < -0.4 is 0 Å². The molecule has 2 radical (unpaired) electrons. The minimum Gasteiger partial charge on any atom is -0.414 e. The highest BCUT2D eigenvalue weighted by Gasteiger charge is 2.33. The highest BCUT2D eigenvalue weighted by molar-refractivity contribution is 6.72. The lowest BCUT2D eigenvalue weighted by molar-refractivity contribution is 0.256. The maximum Gasteiger partial charge on any atom is 0.187 e. The van der Waals surface area contributed by atoms with Crippen molar-refractivity contribution < 1.29 is 4.43 Å². The van der Waals surface area contributed by atoms with Crippen molar-refractivity contribution in [3.8, 4) is 0 Å². The normalized spacial score (nSPS) is 30.4. The largest absolute Gasteiger partial charge is 0.414 e. The van der Waals surface area contributed by atoms with Gasteiger partial charge in [0.1, 0.15) is 0 Å². The molecule has 1 heterocycles. The van der Waals surface area contributed by atoms with Crippen LogP contribution in [0.25, 0.3) is 0 Å². The van der Waals surface area contributed by atoms with Gasteiger partial charge in [0, 0.05) is 6.42 Å². The van der Waals surface area contributed by atoms with Gasteiger partial charge in [-0.1, -0.05) is 6.08 Å². The summed E-state index contributed by atoms with van der Waals surface area (Å²) in [6.07, 6.45) is 6.39. The van der Waals surface area contributed by atoms with Crippen LogP contribution in [0.5, 0.6) is 0 Å². The Morgan fingerprint density at radius 3 is 2.90 bits per heavy atom. The molecular formula is C8H14OSi. The van der Waals surface area contributed by atoms with Crippen LogP contribution in [0.3, 0.4) is 0 Å². The first kappa shape index (κ1) is 8.02. The van der Waals surface area contributed by atoms with Crippen molar-refractivity contribution in [1.29, 1.82) is 0 Å². The van der Waals surface area contributed by atoms with Crippen molar-refractivity contribution in [2.45, 2.75) is 31.7 Å². The Kier molecular flexibility index (Phi) is 2.31. The molecule has 10 heavy (non-hydrogen) atoms. The van der Waals surface area contributed by atoms with E-state index in [0.717, 1.165) is 12.5 Å². The van der Waals surface area contributed by atoms with E-state index >= 15 is 0 Å². The summed E-state index contributed by atoms with van der Waals surface area (Å²) in [6.45, 7) is 8.12. The van der Waals surface area contributed by atoms with Gasteiger partial charge in [0.2, 0.25) is 0 Å². The van der Waals surface area contributed by atoms with E-state index in [1.165, 1.54) is 0 Å². The molecular weight excluding hydrogens is 140 g/mol. The van der Waals surface area contributed by atoms with E-state index in [0.29, 0.717) is 0 Å². The van der Waals surface area contributed by atoms with Gasteiger partial charge in [0.15, 0.2) is 8.32 Å². The van der Waals surface area contributed by atoms with Crippen LogP contribution in [0.2, 0.25) is 19.1 Å². The predicted molar refractivity (Wildman–Crippen MR) is 45.2 cm³/mol. The van der Waals surface area contributed by atoms with Crippen molar-refractivity contribution in [3.05, 3.63) is 19.1 Å². The van der Waals surface area contributed by atoms with Gasteiger partial charge in [-0.25, -0.2) is 0 Å². The molecule has 1 saturated heterocycles. The third-order valence-electron chi connectivity index (χ3n) is 1.60. The molecule has 1 rings (SSSR count). The van der Waals surface area contributed by atoms with Crippen LogP contribution in [0.4, 0.5) is 0 Å². The molecule has 1 fully saturated rings. The highest BCUT2D eigenvalue weighted by Crippen LogP contribution is 2.27. The minimum atomic E-state index is -1.30. The summed E-state index contributed by atoms with van der Waals surface area (Å²) >= 11 is 0. The average Bonchev–Trinajstić information content (AvgIpc) is 2.12. The zero-order valence-electron chi connectivity index (χ0n) is 6.68. The molecule has 0 amide bonds. The fourth-order valence-corrected chi connectivity index (χ4v) is 2.86. The molecule has 1 atom stereocenters. The maximum atomic E-state index is 5.75. The summed E-state index contributed by atoms with van der Waals surface area (Å²) in [6, 6.07) is 1.07. The Balaban J connectivity index is 2.35. The molecule has 0 aromatic heterocycles. The van der Waals surface area contributed by atoms with Gasteiger partial charge in [0.05, 0.1) is 6.10 Å². The van der Waals surface area contributed by atoms with Crippen molar-refractivity contribution in [3.63, 3.8) is 0 Å². The molecule has 0 aromatic carbocycles. The van der Waals surface area contributed by atoms with Gasteiger partial charge in [0.25, 0.3) is 0 Å². The zero-order valence-corrected chi connectivity index (χ0v) is 7.68.